The second-order valence-corrected chi connectivity index (χ2v) is 4.51. The fourth-order valence-corrected chi connectivity index (χ4v) is 1.47. The van der Waals surface area contributed by atoms with Crippen molar-refractivity contribution >= 4 is 5.69 Å². The molecule has 0 unspecified atom stereocenters. The molecule has 0 saturated carbocycles. The standard InChI is InChI=1S/C12H16F2N2O2/c1-8(2)3-4-15-7-9-5-12(16(17)18)11(14)6-10(9)13/h5-6,8,15H,3-4,7H2,1-2H3. The molecule has 1 N–H and O–H groups in total. The van der Waals surface area contributed by atoms with Gasteiger partial charge in [-0.15, -0.1) is 0 Å². The third-order valence-corrected chi connectivity index (χ3v) is 2.53. The topological polar surface area (TPSA) is 55.2 Å². The number of nitro benzene ring substituents is 1. The maximum Gasteiger partial charge on any atom is 0.305 e. The molecular formula is C12H16F2N2O2. The number of rotatable bonds is 6. The van der Waals surface area contributed by atoms with Crippen LogP contribution in [0.4, 0.5) is 14.5 Å². The third kappa shape index (κ3) is 4.03. The monoisotopic (exact) mass is 258 g/mol. The smallest absolute Gasteiger partial charge is 0.305 e. The van der Waals surface area contributed by atoms with E-state index in [4.69, 9.17) is 0 Å². The molecule has 0 aliphatic carbocycles. The summed E-state index contributed by atoms with van der Waals surface area (Å²) in [7, 11) is 0. The SMILES string of the molecule is CC(C)CCNCc1cc([N+](=O)[O-])c(F)cc1F. The first-order chi connectivity index (χ1) is 8.41. The van der Waals surface area contributed by atoms with Crippen LogP contribution in [0.25, 0.3) is 0 Å². The van der Waals surface area contributed by atoms with Gasteiger partial charge in [0.2, 0.25) is 5.82 Å². The van der Waals surface area contributed by atoms with Crippen LogP contribution in [0, 0.1) is 27.7 Å². The third-order valence-electron chi connectivity index (χ3n) is 2.53. The molecule has 1 aromatic rings. The van der Waals surface area contributed by atoms with Crippen molar-refractivity contribution in [2.75, 3.05) is 6.54 Å². The predicted molar refractivity (Wildman–Crippen MR) is 64.2 cm³/mol. The average Bonchev–Trinajstić information content (AvgIpc) is 2.25. The maximum absolute atomic E-state index is 13.4. The summed E-state index contributed by atoms with van der Waals surface area (Å²) < 4.78 is 26.5. The lowest BCUT2D eigenvalue weighted by Gasteiger charge is -2.08. The Kier molecular flexibility index (Phi) is 5.15. The van der Waals surface area contributed by atoms with Gasteiger partial charge >= 0.3 is 5.69 Å². The molecule has 0 heterocycles. The second kappa shape index (κ2) is 6.39. The Morgan fingerprint density at radius 1 is 1.33 bits per heavy atom. The van der Waals surface area contributed by atoms with Crippen molar-refractivity contribution < 1.29 is 13.7 Å². The minimum Gasteiger partial charge on any atom is -0.313 e. The van der Waals surface area contributed by atoms with E-state index in [9.17, 15) is 18.9 Å². The van der Waals surface area contributed by atoms with E-state index in [1.165, 1.54) is 0 Å². The van der Waals surface area contributed by atoms with Gasteiger partial charge in [0, 0.05) is 24.2 Å². The Hall–Kier alpha value is -1.56. The molecule has 4 nitrogen and oxygen atoms in total. The van der Waals surface area contributed by atoms with Crippen molar-refractivity contribution in [2.45, 2.75) is 26.8 Å². The number of halogens is 2. The predicted octanol–water partition coefficient (Wildman–Crippen LogP) is 3.01. The van der Waals surface area contributed by atoms with Crippen LogP contribution in [-0.2, 0) is 6.54 Å². The molecule has 0 fully saturated rings. The molecule has 0 bridgehead atoms. The summed E-state index contributed by atoms with van der Waals surface area (Å²) in [5.74, 6) is -1.40. The largest absolute Gasteiger partial charge is 0.313 e. The van der Waals surface area contributed by atoms with Crippen LogP contribution in [0.15, 0.2) is 12.1 Å². The zero-order chi connectivity index (χ0) is 13.7. The van der Waals surface area contributed by atoms with Gasteiger partial charge in [-0.25, -0.2) is 4.39 Å². The Morgan fingerprint density at radius 2 is 2.00 bits per heavy atom. The van der Waals surface area contributed by atoms with Gasteiger partial charge in [-0.2, -0.15) is 4.39 Å². The van der Waals surface area contributed by atoms with Crippen LogP contribution in [0.1, 0.15) is 25.8 Å². The normalized spacial score (nSPS) is 10.9. The molecule has 0 saturated heterocycles. The van der Waals surface area contributed by atoms with Crippen LogP contribution in [-0.4, -0.2) is 11.5 Å². The summed E-state index contributed by atoms with van der Waals surface area (Å²) in [5, 5.41) is 13.5. The molecule has 0 spiro atoms. The van der Waals surface area contributed by atoms with Gasteiger partial charge in [0.25, 0.3) is 0 Å². The summed E-state index contributed by atoms with van der Waals surface area (Å²) >= 11 is 0. The van der Waals surface area contributed by atoms with E-state index >= 15 is 0 Å². The van der Waals surface area contributed by atoms with Crippen LogP contribution < -0.4 is 5.32 Å². The first kappa shape index (κ1) is 14.5. The summed E-state index contributed by atoms with van der Waals surface area (Å²) in [4.78, 5) is 9.67. The van der Waals surface area contributed by atoms with Crippen LogP contribution >= 0.6 is 0 Å². The number of nitrogens with one attached hydrogen (secondary N) is 1. The van der Waals surface area contributed by atoms with Crippen molar-refractivity contribution in [1.82, 2.24) is 5.32 Å². The van der Waals surface area contributed by atoms with Crippen molar-refractivity contribution in [3.8, 4) is 0 Å². The summed E-state index contributed by atoms with van der Waals surface area (Å²) in [5.41, 5.74) is -0.594. The summed E-state index contributed by atoms with van der Waals surface area (Å²) in [6.07, 6.45) is 0.922. The lowest BCUT2D eigenvalue weighted by molar-refractivity contribution is -0.387. The fraction of sp³-hybridized carbons (Fsp3) is 0.500. The molecular weight excluding hydrogens is 242 g/mol. The number of hydrogen-bond donors (Lipinski definition) is 1. The number of hydrogen-bond acceptors (Lipinski definition) is 3. The molecule has 0 atom stereocenters. The van der Waals surface area contributed by atoms with E-state index in [0.29, 0.717) is 18.5 Å². The molecule has 0 radical (unpaired) electrons. The maximum atomic E-state index is 13.4. The lowest BCUT2D eigenvalue weighted by Crippen LogP contribution is -2.17. The zero-order valence-corrected chi connectivity index (χ0v) is 10.4. The van der Waals surface area contributed by atoms with E-state index in [1.54, 1.807) is 0 Å². The molecule has 1 aromatic carbocycles. The number of nitro groups is 1. The van der Waals surface area contributed by atoms with Gasteiger partial charge < -0.3 is 5.32 Å². The quantitative estimate of drug-likeness (QED) is 0.485. The van der Waals surface area contributed by atoms with Crippen molar-refractivity contribution in [3.63, 3.8) is 0 Å². The Balaban J connectivity index is 2.70. The van der Waals surface area contributed by atoms with Gasteiger partial charge in [0.05, 0.1) is 4.92 Å². The van der Waals surface area contributed by atoms with E-state index in [0.717, 1.165) is 12.5 Å². The highest BCUT2D eigenvalue weighted by Gasteiger charge is 2.18. The van der Waals surface area contributed by atoms with Crippen LogP contribution in [0.2, 0.25) is 0 Å². The Bertz CT molecular complexity index is 436. The summed E-state index contributed by atoms with van der Waals surface area (Å²) in [6.45, 7) is 4.96. The first-order valence-corrected chi connectivity index (χ1v) is 5.75. The van der Waals surface area contributed by atoms with Crippen molar-refractivity contribution in [3.05, 3.63) is 39.4 Å². The second-order valence-electron chi connectivity index (χ2n) is 4.51. The zero-order valence-electron chi connectivity index (χ0n) is 10.4. The van der Waals surface area contributed by atoms with Crippen LogP contribution in [0.3, 0.4) is 0 Å². The van der Waals surface area contributed by atoms with Crippen molar-refractivity contribution in [2.24, 2.45) is 5.92 Å². The minimum atomic E-state index is -1.15. The molecule has 0 amide bonds. The van der Waals surface area contributed by atoms with Crippen LogP contribution in [0.5, 0.6) is 0 Å². The van der Waals surface area contributed by atoms with E-state index in [-0.39, 0.29) is 12.1 Å². The highest BCUT2D eigenvalue weighted by molar-refractivity contribution is 5.37. The number of benzene rings is 1. The van der Waals surface area contributed by atoms with Gasteiger partial charge in [-0.3, -0.25) is 10.1 Å². The van der Waals surface area contributed by atoms with Gasteiger partial charge in [-0.1, -0.05) is 13.8 Å². The Morgan fingerprint density at radius 3 is 2.56 bits per heavy atom. The molecule has 0 aliphatic rings. The van der Waals surface area contributed by atoms with E-state index < -0.39 is 22.2 Å². The fourth-order valence-electron chi connectivity index (χ4n) is 1.47. The molecule has 6 heteroatoms. The summed E-state index contributed by atoms with van der Waals surface area (Å²) in [6, 6.07) is 1.49. The molecule has 0 aliphatic heterocycles. The lowest BCUT2D eigenvalue weighted by atomic mass is 10.1. The molecule has 0 aromatic heterocycles. The highest BCUT2D eigenvalue weighted by atomic mass is 19.1. The highest BCUT2D eigenvalue weighted by Crippen LogP contribution is 2.21. The van der Waals surface area contributed by atoms with E-state index in [2.05, 4.69) is 19.2 Å². The average molecular weight is 258 g/mol. The minimum absolute atomic E-state index is 0.104. The van der Waals surface area contributed by atoms with Gasteiger partial charge in [0.1, 0.15) is 5.82 Å². The van der Waals surface area contributed by atoms with Crippen molar-refractivity contribution in [1.29, 1.82) is 0 Å². The van der Waals surface area contributed by atoms with Gasteiger partial charge in [0.15, 0.2) is 0 Å². The van der Waals surface area contributed by atoms with Gasteiger partial charge in [-0.05, 0) is 18.9 Å². The molecule has 100 valence electrons. The molecule has 1 rings (SSSR count). The molecule has 18 heavy (non-hydrogen) atoms. The number of nitrogens with zero attached hydrogens (tertiary/aromatic N) is 1. The Labute approximate surface area is 104 Å². The first-order valence-electron chi connectivity index (χ1n) is 5.75. The van der Waals surface area contributed by atoms with E-state index in [1.807, 2.05) is 0 Å².